The molecule has 10 heteroatoms. The highest BCUT2D eigenvalue weighted by Crippen LogP contribution is 2.48. The molecule has 0 aliphatic heterocycles. The highest BCUT2D eigenvalue weighted by atomic mass is 127. The number of halogens is 2. The van der Waals surface area contributed by atoms with Crippen molar-refractivity contribution < 1.29 is 17.9 Å². The molecule has 0 amide bonds. The number of aromatic nitrogens is 1. The summed E-state index contributed by atoms with van der Waals surface area (Å²) in [5.74, 6) is -0.429. The van der Waals surface area contributed by atoms with Crippen molar-refractivity contribution in [3.63, 3.8) is 0 Å². The zero-order valence-corrected chi connectivity index (χ0v) is 18.4. The van der Waals surface area contributed by atoms with Gasteiger partial charge in [0, 0.05) is 21.8 Å². The quantitative estimate of drug-likeness (QED) is 0.391. The van der Waals surface area contributed by atoms with Gasteiger partial charge in [0.1, 0.15) is 5.82 Å². The minimum atomic E-state index is -3.71. The zero-order chi connectivity index (χ0) is 19.9. The van der Waals surface area contributed by atoms with Crippen LogP contribution in [0.15, 0.2) is 36.5 Å². The molecule has 1 fully saturated rings. The van der Waals surface area contributed by atoms with E-state index in [4.69, 9.17) is 0 Å². The van der Waals surface area contributed by atoms with E-state index in [1.807, 2.05) is 22.6 Å². The minimum Gasteiger partial charge on any atom is -0.396 e. The second kappa shape index (κ2) is 7.39. The van der Waals surface area contributed by atoms with Gasteiger partial charge in [-0.25, -0.2) is 12.8 Å². The molecule has 0 bridgehead atoms. The van der Waals surface area contributed by atoms with Gasteiger partial charge in [0.15, 0.2) is 0 Å². The van der Waals surface area contributed by atoms with Crippen LogP contribution in [0.4, 0.5) is 21.5 Å². The summed E-state index contributed by atoms with van der Waals surface area (Å²) in [6.45, 7) is -0.187. The SMILES string of the molecule is O=S(=O)(Nc1ccc2cnsc2c1Nc1ccc(I)cc1F)C1(CCO)CC1. The Morgan fingerprint density at radius 2 is 2.00 bits per heavy atom. The number of sulfonamides is 1. The first-order valence-corrected chi connectivity index (χ1v) is 11.9. The predicted molar refractivity (Wildman–Crippen MR) is 118 cm³/mol. The van der Waals surface area contributed by atoms with Gasteiger partial charge in [0.2, 0.25) is 10.0 Å². The van der Waals surface area contributed by atoms with Gasteiger partial charge < -0.3 is 10.4 Å². The Morgan fingerprint density at radius 3 is 2.68 bits per heavy atom. The smallest absolute Gasteiger partial charge is 0.238 e. The number of anilines is 3. The maximum Gasteiger partial charge on any atom is 0.238 e. The number of nitrogens with zero attached hydrogens (tertiary/aromatic N) is 1. The van der Waals surface area contributed by atoms with Crippen molar-refractivity contribution in [1.82, 2.24) is 4.37 Å². The molecule has 1 saturated carbocycles. The molecule has 3 N–H and O–H groups in total. The Balaban J connectivity index is 1.76. The largest absolute Gasteiger partial charge is 0.396 e. The summed E-state index contributed by atoms with van der Waals surface area (Å²) < 4.78 is 47.6. The van der Waals surface area contributed by atoms with Crippen molar-refractivity contribution in [2.24, 2.45) is 0 Å². The van der Waals surface area contributed by atoms with Crippen LogP contribution in [0.5, 0.6) is 0 Å². The maximum absolute atomic E-state index is 14.4. The maximum atomic E-state index is 14.4. The third-order valence-corrected chi connectivity index (χ3v) is 8.65. The predicted octanol–water partition coefficient (Wildman–Crippen LogP) is 4.44. The summed E-state index contributed by atoms with van der Waals surface area (Å²) in [6.07, 6.45) is 2.90. The molecule has 1 heterocycles. The highest BCUT2D eigenvalue weighted by molar-refractivity contribution is 14.1. The molecule has 2 aromatic carbocycles. The molecule has 0 atom stereocenters. The van der Waals surface area contributed by atoms with E-state index in [9.17, 15) is 17.9 Å². The first kappa shape index (κ1) is 19.8. The molecule has 1 aliphatic carbocycles. The van der Waals surface area contributed by atoms with Crippen molar-refractivity contribution in [2.45, 2.75) is 24.0 Å². The summed E-state index contributed by atoms with van der Waals surface area (Å²) in [6, 6.07) is 8.21. The molecular formula is C18H17FIN3O3S2. The standard InChI is InChI=1S/C18H17FIN3O3S2/c19-13-9-12(20)2-4-14(13)22-16-15(3-1-11-10-21-27-17(11)16)23-28(25,26)18(5-6-18)7-8-24/h1-4,9-10,22-24H,5-8H2. The number of fused-ring (bicyclic) bond motifs is 1. The third-order valence-electron chi connectivity index (χ3n) is 4.90. The van der Waals surface area contributed by atoms with Gasteiger partial charge in [0.25, 0.3) is 0 Å². The Kier molecular flexibility index (Phi) is 5.23. The second-order valence-electron chi connectivity index (χ2n) is 6.74. The van der Waals surface area contributed by atoms with Gasteiger partial charge >= 0.3 is 0 Å². The molecule has 0 radical (unpaired) electrons. The van der Waals surface area contributed by atoms with Crippen molar-refractivity contribution in [1.29, 1.82) is 0 Å². The Bertz CT molecular complexity index is 1150. The van der Waals surface area contributed by atoms with E-state index in [0.29, 0.717) is 24.2 Å². The van der Waals surface area contributed by atoms with Crippen LogP contribution in [-0.2, 0) is 10.0 Å². The first-order valence-electron chi connectivity index (χ1n) is 8.58. The third kappa shape index (κ3) is 3.58. The molecular weight excluding hydrogens is 516 g/mol. The second-order valence-corrected chi connectivity index (χ2v) is 10.9. The molecule has 28 heavy (non-hydrogen) atoms. The average Bonchev–Trinajstić information content (AvgIpc) is 3.28. The number of benzene rings is 2. The van der Waals surface area contributed by atoms with Crippen LogP contribution in [0.2, 0.25) is 0 Å². The van der Waals surface area contributed by atoms with Crippen molar-refractivity contribution in [2.75, 3.05) is 16.6 Å². The molecule has 4 rings (SSSR count). The Morgan fingerprint density at radius 1 is 1.25 bits per heavy atom. The van der Waals surface area contributed by atoms with E-state index in [1.54, 1.807) is 30.5 Å². The summed E-state index contributed by atoms with van der Waals surface area (Å²) in [4.78, 5) is 0. The van der Waals surface area contributed by atoms with E-state index in [1.165, 1.54) is 17.6 Å². The lowest BCUT2D eigenvalue weighted by Gasteiger charge is -2.20. The van der Waals surface area contributed by atoms with Crippen LogP contribution in [-0.4, -0.2) is 29.3 Å². The molecule has 148 valence electrons. The summed E-state index contributed by atoms with van der Waals surface area (Å²) in [7, 11) is -3.71. The number of nitrogens with one attached hydrogen (secondary N) is 2. The fourth-order valence-corrected chi connectivity index (χ4v) is 6.00. The molecule has 1 aliphatic rings. The van der Waals surface area contributed by atoms with Crippen LogP contribution in [0.25, 0.3) is 10.1 Å². The lowest BCUT2D eigenvalue weighted by atomic mass is 10.2. The molecule has 1 aromatic heterocycles. The van der Waals surface area contributed by atoms with E-state index in [2.05, 4.69) is 14.4 Å². The van der Waals surface area contributed by atoms with E-state index in [-0.39, 0.29) is 18.7 Å². The van der Waals surface area contributed by atoms with Gasteiger partial charge in [-0.3, -0.25) is 4.72 Å². The summed E-state index contributed by atoms with van der Waals surface area (Å²) in [5.41, 5.74) is 1.04. The lowest BCUT2D eigenvalue weighted by Crippen LogP contribution is -2.30. The van der Waals surface area contributed by atoms with Crippen LogP contribution < -0.4 is 10.0 Å². The average molecular weight is 533 g/mol. The summed E-state index contributed by atoms with van der Waals surface area (Å²) >= 11 is 3.23. The normalized spacial score (nSPS) is 15.5. The van der Waals surface area contributed by atoms with Gasteiger partial charge in [-0.1, -0.05) is 0 Å². The Labute approximate surface area is 179 Å². The van der Waals surface area contributed by atoms with Gasteiger partial charge in [-0.05, 0) is 83.7 Å². The number of aliphatic hydroxyl groups excluding tert-OH is 1. The van der Waals surface area contributed by atoms with E-state index < -0.39 is 20.6 Å². The lowest BCUT2D eigenvalue weighted by molar-refractivity contribution is 0.283. The molecule has 0 saturated heterocycles. The highest BCUT2D eigenvalue weighted by Gasteiger charge is 2.54. The van der Waals surface area contributed by atoms with Gasteiger partial charge in [0.05, 0.1) is 26.5 Å². The topological polar surface area (TPSA) is 91.3 Å². The summed E-state index contributed by atoms with van der Waals surface area (Å²) in [5, 5.41) is 13.1. The number of rotatable bonds is 7. The number of hydrogen-bond acceptors (Lipinski definition) is 6. The molecule has 0 spiro atoms. The Hall–Kier alpha value is -1.50. The van der Waals surface area contributed by atoms with Crippen LogP contribution in [0.1, 0.15) is 19.3 Å². The monoisotopic (exact) mass is 533 g/mol. The molecule has 6 nitrogen and oxygen atoms in total. The first-order chi connectivity index (χ1) is 13.4. The van der Waals surface area contributed by atoms with Crippen LogP contribution in [0, 0.1) is 9.39 Å². The van der Waals surface area contributed by atoms with Crippen molar-refractivity contribution in [3.8, 4) is 0 Å². The van der Waals surface area contributed by atoms with Crippen molar-refractivity contribution >= 4 is 71.3 Å². The van der Waals surface area contributed by atoms with E-state index >= 15 is 0 Å². The minimum absolute atomic E-state index is 0.187. The number of hydrogen-bond donors (Lipinski definition) is 3. The fourth-order valence-electron chi connectivity index (χ4n) is 3.12. The van der Waals surface area contributed by atoms with Gasteiger partial charge in [-0.15, -0.1) is 0 Å². The van der Waals surface area contributed by atoms with Gasteiger partial charge in [-0.2, -0.15) is 4.37 Å². The molecule has 0 unspecified atom stereocenters. The fraction of sp³-hybridized carbons (Fsp3) is 0.278. The van der Waals surface area contributed by atoms with E-state index in [0.717, 1.165) is 13.7 Å². The van der Waals surface area contributed by atoms with Crippen molar-refractivity contribution in [3.05, 3.63) is 45.9 Å². The number of aliphatic hydroxyl groups is 1. The molecule has 3 aromatic rings. The van der Waals surface area contributed by atoms with Crippen LogP contribution >= 0.6 is 34.1 Å². The zero-order valence-electron chi connectivity index (χ0n) is 14.6. The van der Waals surface area contributed by atoms with Crippen LogP contribution in [0.3, 0.4) is 0 Å².